The molecule has 0 bridgehead atoms. The van der Waals surface area contributed by atoms with E-state index in [1.807, 2.05) is 13.8 Å². The van der Waals surface area contributed by atoms with Gasteiger partial charge in [-0.05, 0) is 69.1 Å². The molecule has 1 N–H and O–H groups in total. The molecule has 19 heavy (non-hydrogen) atoms. The molecule has 0 saturated heterocycles. The molecule has 2 aliphatic carbocycles. The van der Waals surface area contributed by atoms with Gasteiger partial charge < -0.3 is 5.11 Å². The van der Waals surface area contributed by atoms with Crippen molar-refractivity contribution in [1.82, 2.24) is 0 Å². The highest BCUT2D eigenvalue weighted by Crippen LogP contribution is 2.58. The highest BCUT2D eigenvalue weighted by atomic mass is 16.3. The van der Waals surface area contributed by atoms with Crippen LogP contribution in [0.1, 0.15) is 85.5 Å². The van der Waals surface area contributed by atoms with Crippen molar-refractivity contribution < 1.29 is 5.11 Å². The Morgan fingerprint density at radius 3 is 2.58 bits per heavy atom. The maximum Gasteiger partial charge on any atom is 0.0591 e. The maximum absolute atomic E-state index is 9.78. The Kier molecular flexibility index (Phi) is 4.65. The summed E-state index contributed by atoms with van der Waals surface area (Å²) in [5, 5.41) is 9.78. The van der Waals surface area contributed by atoms with Gasteiger partial charge in [-0.25, -0.2) is 0 Å². The molecule has 0 heterocycles. The van der Waals surface area contributed by atoms with E-state index in [-0.39, 0.29) is 0 Å². The summed E-state index contributed by atoms with van der Waals surface area (Å²) in [6.07, 6.45) is 12.2. The second-order valence-electron chi connectivity index (χ2n) is 8.31. The van der Waals surface area contributed by atoms with Gasteiger partial charge in [0.25, 0.3) is 0 Å². The Labute approximate surface area is 120 Å². The van der Waals surface area contributed by atoms with Gasteiger partial charge in [0.05, 0.1) is 5.60 Å². The molecule has 0 radical (unpaired) electrons. The number of hydrogen-bond acceptors (Lipinski definition) is 1. The standard InChI is InChI=1S/C18H34O/c1-14-8-7-13-18(4)15(10-11-16(14)18)9-5-6-12-17(2,3)19/h14-16,19H,5-13H2,1-4H3. The van der Waals surface area contributed by atoms with E-state index in [0.29, 0.717) is 5.41 Å². The molecule has 2 rings (SSSR count). The van der Waals surface area contributed by atoms with Gasteiger partial charge in [-0.15, -0.1) is 0 Å². The summed E-state index contributed by atoms with van der Waals surface area (Å²) in [7, 11) is 0. The van der Waals surface area contributed by atoms with Crippen LogP contribution in [0, 0.1) is 23.2 Å². The highest BCUT2D eigenvalue weighted by Gasteiger charge is 2.49. The van der Waals surface area contributed by atoms with Crippen molar-refractivity contribution in [1.29, 1.82) is 0 Å². The van der Waals surface area contributed by atoms with Crippen molar-refractivity contribution in [3.8, 4) is 0 Å². The summed E-state index contributed by atoms with van der Waals surface area (Å²) in [4.78, 5) is 0. The first kappa shape index (κ1) is 15.4. The Morgan fingerprint density at radius 1 is 1.16 bits per heavy atom. The minimum absolute atomic E-state index is 0.471. The first-order chi connectivity index (χ1) is 8.83. The molecule has 0 aromatic carbocycles. The van der Waals surface area contributed by atoms with Crippen molar-refractivity contribution in [2.75, 3.05) is 0 Å². The number of hydrogen-bond donors (Lipinski definition) is 1. The van der Waals surface area contributed by atoms with Crippen LogP contribution in [0.15, 0.2) is 0 Å². The number of unbranched alkanes of at least 4 members (excludes halogenated alkanes) is 1. The number of rotatable bonds is 5. The van der Waals surface area contributed by atoms with Gasteiger partial charge in [-0.3, -0.25) is 0 Å². The molecule has 2 fully saturated rings. The molecule has 0 spiro atoms. The molecular weight excluding hydrogens is 232 g/mol. The third kappa shape index (κ3) is 3.54. The predicted octanol–water partition coefficient (Wildman–Crippen LogP) is 5.17. The third-order valence-electron chi connectivity index (χ3n) is 6.26. The van der Waals surface area contributed by atoms with Gasteiger partial charge in [0.1, 0.15) is 0 Å². The van der Waals surface area contributed by atoms with Crippen molar-refractivity contribution in [2.24, 2.45) is 23.2 Å². The second-order valence-corrected chi connectivity index (χ2v) is 8.31. The van der Waals surface area contributed by atoms with E-state index >= 15 is 0 Å². The normalized spacial score (nSPS) is 39.3. The van der Waals surface area contributed by atoms with E-state index in [4.69, 9.17) is 0 Å². The topological polar surface area (TPSA) is 20.2 Å². The lowest BCUT2D eigenvalue weighted by Crippen LogP contribution is -2.36. The molecule has 1 nitrogen and oxygen atoms in total. The third-order valence-corrected chi connectivity index (χ3v) is 6.26. The Morgan fingerprint density at radius 2 is 1.89 bits per heavy atom. The highest BCUT2D eigenvalue weighted by molar-refractivity contribution is 4.99. The zero-order valence-corrected chi connectivity index (χ0v) is 13.5. The minimum atomic E-state index is -0.471. The molecule has 112 valence electrons. The molecule has 0 aromatic heterocycles. The number of aliphatic hydroxyl groups is 1. The van der Waals surface area contributed by atoms with Crippen LogP contribution in [0.2, 0.25) is 0 Å². The monoisotopic (exact) mass is 266 g/mol. The lowest BCUT2D eigenvalue weighted by Gasteiger charge is -2.44. The van der Waals surface area contributed by atoms with E-state index in [9.17, 15) is 5.11 Å². The van der Waals surface area contributed by atoms with Gasteiger partial charge in [0.15, 0.2) is 0 Å². The molecule has 4 unspecified atom stereocenters. The smallest absolute Gasteiger partial charge is 0.0591 e. The van der Waals surface area contributed by atoms with Gasteiger partial charge in [-0.1, -0.05) is 39.5 Å². The molecule has 1 heteroatoms. The SMILES string of the molecule is CC1CCCC2(C)C(CCCCC(C)(C)O)CCC12. The fraction of sp³-hybridized carbons (Fsp3) is 1.00. The summed E-state index contributed by atoms with van der Waals surface area (Å²) < 4.78 is 0. The van der Waals surface area contributed by atoms with Gasteiger partial charge in [0, 0.05) is 0 Å². The van der Waals surface area contributed by atoms with E-state index in [2.05, 4.69) is 13.8 Å². The fourth-order valence-corrected chi connectivity index (χ4v) is 5.10. The van der Waals surface area contributed by atoms with Crippen LogP contribution in [-0.4, -0.2) is 10.7 Å². The Bertz CT molecular complexity index is 291. The first-order valence-electron chi connectivity index (χ1n) is 8.55. The minimum Gasteiger partial charge on any atom is -0.390 e. The molecule has 2 aliphatic rings. The summed E-state index contributed by atoms with van der Waals surface area (Å²) in [6.45, 7) is 8.94. The quantitative estimate of drug-likeness (QED) is 0.681. The van der Waals surface area contributed by atoms with Crippen LogP contribution in [-0.2, 0) is 0 Å². The average Bonchev–Trinajstić information content (AvgIpc) is 2.62. The fourth-order valence-electron chi connectivity index (χ4n) is 5.10. The second kappa shape index (κ2) is 5.76. The summed E-state index contributed by atoms with van der Waals surface area (Å²) in [5.41, 5.74) is 0.174. The lowest BCUT2D eigenvalue weighted by molar-refractivity contribution is 0.0502. The van der Waals surface area contributed by atoms with Crippen LogP contribution < -0.4 is 0 Å². The number of fused-ring (bicyclic) bond motifs is 1. The van der Waals surface area contributed by atoms with E-state index in [0.717, 1.165) is 24.2 Å². The molecule has 0 aromatic rings. The van der Waals surface area contributed by atoms with Gasteiger partial charge in [-0.2, -0.15) is 0 Å². The summed E-state index contributed by atoms with van der Waals surface area (Å²) in [5.74, 6) is 2.92. The molecule has 2 saturated carbocycles. The van der Waals surface area contributed by atoms with Crippen molar-refractivity contribution in [3.05, 3.63) is 0 Å². The summed E-state index contributed by atoms with van der Waals surface area (Å²) in [6, 6.07) is 0. The molecule has 4 atom stereocenters. The average molecular weight is 266 g/mol. The van der Waals surface area contributed by atoms with Crippen LogP contribution in [0.25, 0.3) is 0 Å². The first-order valence-corrected chi connectivity index (χ1v) is 8.55. The predicted molar refractivity (Wildman–Crippen MR) is 82.1 cm³/mol. The van der Waals surface area contributed by atoms with E-state index in [1.54, 1.807) is 0 Å². The van der Waals surface area contributed by atoms with Crippen LogP contribution >= 0.6 is 0 Å². The Hall–Kier alpha value is -0.0400. The molecule has 0 aliphatic heterocycles. The maximum atomic E-state index is 9.78. The van der Waals surface area contributed by atoms with Crippen molar-refractivity contribution >= 4 is 0 Å². The van der Waals surface area contributed by atoms with Crippen LogP contribution in [0.5, 0.6) is 0 Å². The lowest BCUT2D eigenvalue weighted by atomic mass is 9.61. The summed E-state index contributed by atoms with van der Waals surface area (Å²) >= 11 is 0. The van der Waals surface area contributed by atoms with Crippen molar-refractivity contribution in [3.63, 3.8) is 0 Å². The largest absolute Gasteiger partial charge is 0.390 e. The van der Waals surface area contributed by atoms with E-state index in [1.165, 1.54) is 51.4 Å². The van der Waals surface area contributed by atoms with Crippen molar-refractivity contribution in [2.45, 2.75) is 91.1 Å². The van der Waals surface area contributed by atoms with Crippen LogP contribution in [0.3, 0.4) is 0 Å². The zero-order valence-electron chi connectivity index (χ0n) is 13.5. The van der Waals surface area contributed by atoms with Gasteiger partial charge >= 0.3 is 0 Å². The zero-order chi connectivity index (χ0) is 14.1. The Balaban J connectivity index is 1.81. The van der Waals surface area contributed by atoms with E-state index < -0.39 is 5.60 Å². The van der Waals surface area contributed by atoms with Gasteiger partial charge in [0.2, 0.25) is 0 Å². The molecule has 0 amide bonds. The molecular formula is C18H34O. The van der Waals surface area contributed by atoms with Crippen LogP contribution in [0.4, 0.5) is 0 Å².